The van der Waals surface area contributed by atoms with Gasteiger partial charge in [0.15, 0.2) is 17.0 Å². The van der Waals surface area contributed by atoms with E-state index in [1.54, 1.807) is 12.4 Å². The van der Waals surface area contributed by atoms with Gasteiger partial charge in [-0.1, -0.05) is 36.4 Å². The summed E-state index contributed by atoms with van der Waals surface area (Å²) in [5, 5.41) is 6.41. The summed E-state index contributed by atoms with van der Waals surface area (Å²) < 4.78 is 41.4. The van der Waals surface area contributed by atoms with E-state index in [0.29, 0.717) is 28.5 Å². The number of benzene rings is 3. The smallest absolute Gasteiger partial charge is 0.378 e. The molecule has 0 unspecified atom stereocenters. The Morgan fingerprint density at radius 2 is 1.68 bits per heavy atom. The molecule has 0 bridgehead atoms. The van der Waals surface area contributed by atoms with Crippen LogP contribution in [-0.2, 0) is 12.7 Å². The van der Waals surface area contributed by atoms with Gasteiger partial charge in [-0.25, -0.2) is 4.98 Å². The summed E-state index contributed by atoms with van der Waals surface area (Å²) in [7, 11) is 3.91. The predicted octanol–water partition coefficient (Wildman–Crippen LogP) is 6.26. The zero-order valence-electron chi connectivity index (χ0n) is 20.2. The van der Waals surface area contributed by atoms with Crippen molar-refractivity contribution in [2.24, 2.45) is 0 Å². The van der Waals surface area contributed by atoms with E-state index >= 15 is 0 Å². The molecule has 5 aromatic rings. The van der Waals surface area contributed by atoms with Gasteiger partial charge < -0.3 is 15.5 Å². The number of nitrogens with zero attached hydrogens (tertiary/aromatic N) is 5. The number of imidazole rings is 1. The lowest BCUT2D eigenvalue weighted by molar-refractivity contribution is -0.137. The maximum absolute atomic E-state index is 13.2. The monoisotopic (exact) mass is 503 g/mol. The molecule has 3 aromatic carbocycles. The van der Waals surface area contributed by atoms with Gasteiger partial charge in [-0.3, -0.25) is 4.57 Å². The first-order valence-electron chi connectivity index (χ1n) is 11.5. The molecule has 2 aromatic heterocycles. The van der Waals surface area contributed by atoms with Gasteiger partial charge in [-0.2, -0.15) is 23.1 Å². The third kappa shape index (κ3) is 5.32. The number of nitrogens with one attached hydrogen (secondary N) is 2. The number of anilines is 4. The Morgan fingerprint density at radius 1 is 0.892 bits per heavy atom. The van der Waals surface area contributed by atoms with Gasteiger partial charge in [0, 0.05) is 37.7 Å². The van der Waals surface area contributed by atoms with Crippen LogP contribution in [0.25, 0.3) is 16.9 Å². The predicted molar refractivity (Wildman–Crippen MR) is 139 cm³/mol. The van der Waals surface area contributed by atoms with Crippen molar-refractivity contribution in [1.82, 2.24) is 19.5 Å². The molecular formula is C27H24F3N7. The molecule has 0 fully saturated rings. The molecule has 0 radical (unpaired) electrons. The minimum Gasteiger partial charge on any atom is -0.378 e. The number of fused-ring (bicyclic) bond motifs is 1. The van der Waals surface area contributed by atoms with Crippen LogP contribution in [0.1, 0.15) is 11.1 Å². The van der Waals surface area contributed by atoms with Crippen LogP contribution >= 0.6 is 0 Å². The Morgan fingerprint density at radius 3 is 2.43 bits per heavy atom. The Bertz CT molecular complexity index is 1530. The third-order valence-electron chi connectivity index (χ3n) is 5.76. The quantitative estimate of drug-likeness (QED) is 0.273. The third-order valence-corrected chi connectivity index (χ3v) is 5.76. The Labute approximate surface area is 211 Å². The highest BCUT2D eigenvalue weighted by molar-refractivity contribution is 5.86. The molecule has 0 atom stereocenters. The highest BCUT2D eigenvalue weighted by Crippen LogP contribution is 2.30. The molecule has 7 nitrogen and oxygen atoms in total. The highest BCUT2D eigenvalue weighted by atomic mass is 19.4. The zero-order valence-corrected chi connectivity index (χ0v) is 20.2. The zero-order chi connectivity index (χ0) is 26.0. The molecule has 2 N–H and O–H groups in total. The molecule has 5 rings (SSSR count). The van der Waals surface area contributed by atoms with Crippen LogP contribution in [0.5, 0.6) is 0 Å². The molecule has 0 aliphatic rings. The first-order valence-corrected chi connectivity index (χ1v) is 11.5. The Kier molecular flexibility index (Phi) is 6.39. The van der Waals surface area contributed by atoms with Crippen molar-refractivity contribution in [3.8, 4) is 5.69 Å². The van der Waals surface area contributed by atoms with Crippen LogP contribution in [-0.4, -0.2) is 33.6 Å². The summed E-state index contributed by atoms with van der Waals surface area (Å²) in [6, 6.07) is 22.6. The molecule has 188 valence electrons. The summed E-state index contributed by atoms with van der Waals surface area (Å²) in [5.74, 6) is 0.732. The number of halogens is 3. The van der Waals surface area contributed by atoms with Crippen LogP contribution in [0.4, 0.5) is 36.3 Å². The molecule has 10 heteroatoms. The van der Waals surface area contributed by atoms with Gasteiger partial charge in [-0.05, 0) is 48.0 Å². The van der Waals surface area contributed by atoms with Gasteiger partial charge >= 0.3 is 6.18 Å². The van der Waals surface area contributed by atoms with Crippen molar-refractivity contribution in [1.29, 1.82) is 0 Å². The topological polar surface area (TPSA) is 70.9 Å². The first kappa shape index (κ1) is 24.1. The second-order valence-corrected chi connectivity index (χ2v) is 8.64. The van der Waals surface area contributed by atoms with E-state index in [9.17, 15) is 13.2 Å². The largest absolute Gasteiger partial charge is 0.416 e. The van der Waals surface area contributed by atoms with Crippen molar-refractivity contribution < 1.29 is 13.2 Å². The molecule has 0 saturated carbocycles. The molecule has 0 aliphatic heterocycles. The second-order valence-electron chi connectivity index (χ2n) is 8.64. The molecule has 0 amide bonds. The number of alkyl halides is 3. The first-order chi connectivity index (χ1) is 17.8. The maximum Gasteiger partial charge on any atom is 0.416 e. The fourth-order valence-corrected chi connectivity index (χ4v) is 3.89. The number of aromatic nitrogens is 4. The Balaban J connectivity index is 1.53. The SMILES string of the molecule is CN(C)c1cccc(Nc2nc(NCc3cccc(C(F)(F)F)c3)c3ncn(-c4ccccc4)c3n2)c1. The van der Waals surface area contributed by atoms with Crippen LogP contribution in [0.2, 0.25) is 0 Å². The van der Waals surface area contributed by atoms with Crippen molar-refractivity contribution in [2.45, 2.75) is 12.7 Å². The summed E-state index contributed by atoms with van der Waals surface area (Å²) in [6.07, 6.45) is -2.76. The van der Waals surface area contributed by atoms with Gasteiger partial charge in [0.1, 0.15) is 6.33 Å². The maximum atomic E-state index is 13.2. The lowest BCUT2D eigenvalue weighted by Gasteiger charge is -2.15. The lowest BCUT2D eigenvalue weighted by Crippen LogP contribution is -2.10. The van der Waals surface area contributed by atoms with Crippen molar-refractivity contribution in [3.63, 3.8) is 0 Å². The number of hydrogen-bond donors (Lipinski definition) is 2. The molecule has 0 saturated heterocycles. The minimum atomic E-state index is -4.41. The van der Waals surface area contributed by atoms with E-state index in [1.165, 1.54) is 6.07 Å². The molecular weight excluding hydrogens is 479 g/mol. The van der Waals surface area contributed by atoms with Crippen molar-refractivity contribution in [3.05, 3.63) is 96.3 Å². The summed E-state index contributed by atoms with van der Waals surface area (Å²) in [4.78, 5) is 15.8. The average Bonchev–Trinajstić information content (AvgIpc) is 3.32. The van der Waals surface area contributed by atoms with E-state index in [4.69, 9.17) is 4.98 Å². The molecule has 0 aliphatic carbocycles. The van der Waals surface area contributed by atoms with E-state index < -0.39 is 11.7 Å². The summed E-state index contributed by atoms with van der Waals surface area (Å²) in [6.45, 7) is 0.129. The van der Waals surface area contributed by atoms with E-state index in [0.717, 1.165) is 29.2 Å². The molecule has 2 heterocycles. The van der Waals surface area contributed by atoms with E-state index in [-0.39, 0.29) is 6.54 Å². The molecule has 0 spiro atoms. The van der Waals surface area contributed by atoms with Gasteiger partial charge in [0.05, 0.1) is 5.56 Å². The van der Waals surface area contributed by atoms with E-state index in [2.05, 4.69) is 20.6 Å². The van der Waals surface area contributed by atoms with Crippen molar-refractivity contribution in [2.75, 3.05) is 29.6 Å². The normalized spacial score (nSPS) is 11.5. The average molecular weight is 504 g/mol. The fraction of sp³-hybridized carbons (Fsp3) is 0.148. The second kappa shape index (κ2) is 9.81. The van der Waals surface area contributed by atoms with Crippen molar-refractivity contribution >= 4 is 34.3 Å². The standard InChI is InChI=1S/C27H24F3N7/c1-36(2)22-13-7-10-20(15-22)33-26-34-24(31-16-18-8-6-9-19(14-18)27(28,29)30)23-25(35-26)37(17-32-23)21-11-4-3-5-12-21/h3-15,17H,16H2,1-2H3,(H2,31,33,34,35). The van der Waals surface area contributed by atoms with E-state index in [1.807, 2.05) is 78.2 Å². The van der Waals surface area contributed by atoms with Gasteiger partial charge in [-0.15, -0.1) is 0 Å². The number of hydrogen-bond acceptors (Lipinski definition) is 6. The van der Waals surface area contributed by atoms with Gasteiger partial charge in [0.2, 0.25) is 5.95 Å². The Hall–Kier alpha value is -4.60. The highest BCUT2D eigenvalue weighted by Gasteiger charge is 2.30. The van der Waals surface area contributed by atoms with Crippen LogP contribution < -0.4 is 15.5 Å². The number of rotatable bonds is 7. The van der Waals surface area contributed by atoms with Crippen LogP contribution in [0.15, 0.2) is 85.2 Å². The summed E-state index contributed by atoms with van der Waals surface area (Å²) >= 11 is 0. The fourth-order valence-electron chi connectivity index (χ4n) is 3.89. The van der Waals surface area contributed by atoms with Gasteiger partial charge in [0.25, 0.3) is 0 Å². The lowest BCUT2D eigenvalue weighted by atomic mass is 10.1. The molecule has 37 heavy (non-hydrogen) atoms. The minimum absolute atomic E-state index is 0.129. The van der Waals surface area contributed by atoms with Crippen LogP contribution in [0.3, 0.4) is 0 Å². The number of para-hydroxylation sites is 1. The van der Waals surface area contributed by atoms with Crippen LogP contribution in [0, 0.1) is 0 Å². The summed E-state index contributed by atoms with van der Waals surface area (Å²) in [5.41, 5.74) is 3.49.